The second kappa shape index (κ2) is 10.4. The van der Waals surface area contributed by atoms with Crippen LogP contribution in [0.3, 0.4) is 0 Å². The van der Waals surface area contributed by atoms with Crippen LogP contribution in [0.1, 0.15) is 52.0 Å². The Morgan fingerprint density at radius 1 is 1.12 bits per heavy atom. The number of halogens is 1. The third-order valence-electron chi connectivity index (χ3n) is 5.83. The van der Waals surface area contributed by atoms with Crippen LogP contribution in [0.15, 0.2) is 18.2 Å². The van der Waals surface area contributed by atoms with E-state index in [-0.39, 0.29) is 49.1 Å². The topological polar surface area (TPSA) is 113 Å². The Morgan fingerprint density at radius 3 is 2.32 bits per heavy atom. The number of carbonyl (C=O) groups excluding carboxylic acids is 3. The molecule has 0 atom stereocenters. The van der Waals surface area contributed by atoms with E-state index in [9.17, 15) is 27.2 Å². The number of nitrogens with zero attached hydrogens (tertiary/aromatic N) is 2. The predicted octanol–water partition coefficient (Wildman–Crippen LogP) is 2.91. The number of hydrogen-bond donors (Lipinski definition) is 1. The highest BCUT2D eigenvalue weighted by molar-refractivity contribution is 7.88. The molecule has 1 aromatic carbocycles. The number of nitrogens with one attached hydrogen (secondary N) is 1. The molecule has 11 heteroatoms. The van der Waals surface area contributed by atoms with Crippen molar-refractivity contribution in [3.8, 4) is 0 Å². The summed E-state index contributed by atoms with van der Waals surface area (Å²) in [7, 11) is -3.67. The number of Topliss-reactive ketones (excluding diaryl/α,β-unsaturated/α-hetero) is 1. The molecule has 0 saturated carbocycles. The van der Waals surface area contributed by atoms with E-state index in [0.29, 0.717) is 31.5 Å². The largest absolute Gasteiger partial charge is 0.444 e. The Kier molecular flexibility index (Phi) is 7.97. The number of ketones is 1. The maximum Gasteiger partial charge on any atom is 0.410 e. The lowest BCUT2D eigenvalue weighted by molar-refractivity contribution is -0.121. The first-order valence-corrected chi connectivity index (χ1v) is 13.0. The number of ether oxygens (including phenoxy) is 1. The lowest BCUT2D eigenvalue weighted by Crippen LogP contribution is -2.43. The zero-order chi connectivity index (χ0) is 25.1. The number of benzene rings is 1. The van der Waals surface area contributed by atoms with Crippen LogP contribution in [0.5, 0.6) is 0 Å². The number of rotatable bonds is 5. The molecule has 34 heavy (non-hydrogen) atoms. The van der Waals surface area contributed by atoms with Gasteiger partial charge in [0.05, 0.1) is 11.4 Å². The number of likely N-dealkylation sites (tertiary alicyclic amines) is 1. The lowest BCUT2D eigenvalue weighted by atomic mass is 9.96. The molecule has 0 aliphatic carbocycles. The molecular weight excluding hydrogens is 465 g/mol. The molecule has 1 aromatic rings. The minimum Gasteiger partial charge on any atom is -0.444 e. The molecule has 2 heterocycles. The van der Waals surface area contributed by atoms with Crippen LogP contribution >= 0.6 is 0 Å². The van der Waals surface area contributed by atoms with Crippen molar-refractivity contribution in [1.82, 2.24) is 9.21 Å². The molecule has 0 bridgehead atoms. The van der Waals surface area contributed by atoms with Gasteiger partial charge in [-0.3, -0.25) is 9.59 Å². The van der Waals surface area contributed by atoms with Crippen molar-refractivity contribution in [3.63, 3.8) is 0 Å². The average molecular weight is 498 g/mol. The monoisotopic (exact) mass is 497 g/mol. The van der Waals surface area contributed by atoms with Crippen LogP contribution in [0.25, 0.3) is 0 Å². The van der Waals surface area contributed by atoms with Gasteiger partial charge in [0.2, 0.25) is 15.9 Å². The van der Waals surface area contributed by atoms with Crippen molar-refractivity contribution in [2.24, 2.45) is 5.92 Å². The van der Waals surface area contributed by atoms with E-state index in [1.165, 1.54) is 16.4 Å². The summed E-state index contributed by atoms with van der Waals surface area (Å²) in [4.78, 5) is 37.9. The van der Waals surface area contributed by atoms with Gasteiger partial charge in [-0.05, 0) is 51.3 Å². The van der Waals surface area contributed by atoms with Crippen molar-refractivity contribution in [3.05, 3.63) is 29.6 Å². The molecule has 2 aliphatic heterocycles. The Balaban J connectivity index is 1.59. The summed E-state index contributed by atoms with van der Waals surface area (Å²) in [5.41, 5.74) is -0.346. The first-order chi connectivity index (χ1) is 15.8. The molecule has 0 spiro atoms. The van der Waals surface area contributed by atoms with Gasteiger partial charge in [0.1, 0.15) is 17.2 Å². The zero-order valence-electron chi connectivity index (χ0n) is 19.8. The fraction of sp³-hybridized carbons (Fsp3) is 0.609. The molecule has 0 aromatic heterocycles. The quantitative estimate of drug-likeness (QED) is 0.669. The molecule has 188 valence electrons. The van der Waals surface area contributed by atoms with Gasteiger partial charge < -0.3 is 15.0 Å². The molecule has 0 unspecified atom stereocenters. The van der Waals surface area contributed by atoms with E-state index in [1.54, 1.807) is 25.7 Å². The van der Waals surface area contributed by atoms with E-state index >= 15 is 0 Å². The number of sulfonamides is 1. The average Bonchev–Trinajstić information content (AvgIpc) is 2.75. The summed E-state index contributed by atoms with van der Waals surface area (Å²) in [5, 5.41) is 2.57. The zero-order valence-corrected chi connectivity index (χ0v) is 20.6. The lowest BCUT2D eigenvalue weighted by Gasteiger charge is -2.33. The molecule has 3 rings (SSSR count). The van der Waals surface area contributed by atoms with E-state index < -0.39 is 33.5 Å². The van der Waals surface area contributed by atoms with Crippen molar-refractivity contribution in [2.45, 2.75) is 57.8 Å². The Hall–Kier alpha value is -2.53. The molecule has 2 amide bonds. The number of amides is 2. The van der Waals surface area contributed by atoms with E-state index in [2.05, 4.69) is 5.32 Å². The molecule has 1 N–H and O–H groups in total. The van der Waals surface area contributed by atoms with Crippen LogP contribution < -0.4 is 5.32 Å². The standard InChI is InChI=1S/C23H32FN3O6S/c1-23(2,3)33-22(30)26-10-6-17(7-11-26)21(29)25-20-14-16(4-5-19(20)24)15-34(31,32)27-12-8-18(28)9-13-27/h4-5,14,17H,6-13,15H2,1-3H3,(H,25,29). The summed E-state index contributed by atoms with van der Waals surface area (Å²) >= 11 is 0. The predicted molar refractivity (Wildman–Crippen MR) is 124 cm³/mol. The minimum absolute atomic E-state index is 0.0372. The van der Waals surface area contributed by atoms with Gasteiger partial charge in [-0.25, -0.2) is 21.9 Å². The maximum absolute atomic E-state index is 14.4. The minimum atomic E-state index is -3.67. The number of hydrogen-bond acceptors (Lipinski definition) is 6. The molecule has 2 aliphatic rings. The summed E-state index contributed by atoms with van der Waals surface area (Å²) in [5.74, 6) is -1.76. The van der Waals surface area contributed by atoms with Crippen molar-refractivity contribution < 1.29 is 31.9 Å². The van der Waals surface area contributed by atoms with Gasteiger partial charge in [-0.2, -0.15) is 0 Å². The smallest absolute Gasteiger partial charge is 0.410 e. The summed E-state index contributed by atoms with van der Waals surface area (Å²) in [6, 6.07) is 3.83. The van der Waals surface area contributed by atoms with Crippen LogP contribution in [0.4, 0.5) is 14.9 Å². The fourth-order valence-electron chi connectivity index (χ4n) is 3.96. The highest BCUT2D eigenvalue weighted by Crippen LogP contribution is 2.24. The summed E-state index contributed by atoms with van der Waals surface area (Å²) in [6.07, 6.45) is 0.778. The van der Waals surface area contributed by atoms with Crippen molar-refractivity contribution in [1.29, 1.82) is 0 Å². The van der Waals surface area contributed by atoms with E-state index in [0.717, 1.165) is 6.07 Å². The molecule has 9 nitrogen and oxygen atoms in total. The number of anilines is 1. The van der Waals surface area contributed by atoms with Gasteiger partial charge in [-0.15, -0.1) is 0 Å². The van der Waals surface area contributed by atoms with Gasteiger partial charge in [0.15, 0.2) is 0 Å². The van der Waals surface area contributed by atoms with E-state index in [1.807, 2.05) is 0 Å². The SMILES string of the molecule is CC(C)(C)OC(=O)N1CCC(C(=O)Nc2cc(CS(=O)(=O)N3CCC(=O)CC3)ccc2F)CC1. The van der Waals surface area contributed by atoms with Gasteiger partial charge in [-0.1, -0.05) is 6.07 Å². The van der Waals surface area contributed by atoms with Gasteiger partial charge in [0.25, 0.3) is 0 Å². The fourth-order valence-corrected chi connectivity index (χ4v) is 5.48. The Bertz CT molecular complexity index is 1040. The van der Waals surface area contributed by atoms with Crippen LogP contribution in [-0.4, -0.2) is 67.2 Å². The summed E-state index contributed by atoms with van der Waals surface area (Å²) < 4.78 is 46.4. The first kappa shape index (κ1) is 26.1. The highest BCUT2D eigenvalue weighted by atomic mass is 32.2. The Morgan fingerprint density at radius 2 is 1.74 bits per heavy atom. The number of piperidine rings is 2. The highest BCUT2D eigenvalue weighted by Gasteiger charge is 2.31. The second-order valence-electron chi connectivity index (χ2n) is 9.74. The van der Waals surface area contributed by atoms with E-state index in [4.69, 9.17) is 4.74 Å². The van der Waals surface area contributed by atoms with Crippen LogP contribution in [0, 0.1) is 11.7 Å². The van der Waals surface area contributed by atoms with Gasteiger partial charge in [0, 0.05) is 44.9 Å². The number of carbonyl (C=O) groups is 3. The van der Waals surface area contributed by atoms with Crippen LogP contribution in [0.2, 0.25) is 0 Å². The summed E-state index contributed by atoms with van der Waals surface area (Å²) in [6.45, 7) is 6.35. The van der Waals surface area contributed by atoms with Crippen LogP contribution in [-0.2, 0) is 30.1 Å². The Labute approximate surface area is 199 Å². The molecule has 0 radical (unpaired) electrons. The van der Waals surface area contributed by atoms with Gasteiger partial charge >= 0.3 is 6.09 Å². The normalized spacial score (nSPS) is 18.6. The molecule has 2 fully saturated rings. The van der Waals surface area contributed by atoms with Crippen molar-refractivity contribution >= 4 is 33.5 Å². The third-order valence-corrected chi connectivity index (χ3v) is 7.68. The molecule has 2 saturated heterocycles. The third kappa shape index (κ3) is 6.99. The van der Waals surface area contributed by atoms with Crippen molar-refractivity contribution in [2.75, 3.05) is 31.5 Å². The maximum atomic E-state index is 14.4. The second-order valence-corrected chi connectivity index (χ2v) is 11.7. The molecular formula is C23H32FN3O6S. The first-order valence-electron chi connectivity index (χ1n) is 11.4.